The van der Waals surface area contributed by atoms with Gasteiger partial charge in [-0.1, -0.05) is 5.16 Å². The molecule has 15 heavy (non-hydrogen) atoms. The summed E-state index contributed by atoms with van der Waals surface area (Å²) < 4.78 is 15.8. The fourth-order valence-corrected chi connectivity index (χ4v) is 1.56. The quantitative estimate of drug-likeness (QED) is 0.777. The van der Waals surface area contributed by atoms with Gasteiger partial charge in [-0.2, -0.15) is 0 Å². The van der Waals surface area contributed by atoms with Crippen LogP contribution in [0.5, 0.6) is 0 Å². The zero-order valence-corrected chi connectivity index (χ0v) is 8.65. The van der Waals surface area contributed by atoms with Crippen LogP contribution in [0.15, 0.2) is 10.6 Å². The number of hydrogen-bond donors (Lipinski definition) is 1. The summed E-state index contributed by atoms with van der Waals surface area (Å²) in [7, 11) is 0. The molecule has 1 aromatic rings. The monoisotopic (exact) mass is 212 g/mol. The molecule has 1 aromatic heterocycles. The molecule has 5 heteroatoms. The summed E-state index contributed by atoms with van der Waals surface area (Å²) >= 11 is 0. The molecular weight excluding hydrogens is 196 g/mol. The van der Waals surface area contributed by atoms with Crippen LogP contribution in [0, 0.1) is 5.92 Å². The summed E-state index contributed by atoms with van der Waals surface area (Å²) in [5, 5.41) is 3.78. The molecule has 1 aliphatic rings. The molecule has 1 atom stereocenters. The average molecular weight is 212 g/mol. The van der Waals surface area contributed by atoms with E-state index in [4.69, 9.17) is 19.7 Å². The topological polar surface area (TPSA) is 70.5 Å². The van der Waals surface area contributed by atoms with E-state index in [0.29, 0.717) is 19.1 Å². The molecule has 0 bridgehead atoms. The van der Waals surface area contributed by atoms with Crippen LogP contribution in [0.25, 0.3) is 0 Å². The van der Waals surface area contributed by atoms with Crippen molar-refractivity contribution in [1.82, 2.24) is 5.16 Å². The fourth-order valence-electron chi connectivity index (χ4n) is 1.56. The van der Waals surface area contributed by atoms with Gasteiger partial charge in [0.15, 0.2) is 5.76 Å². The molecule has 2 N–H and O–H groups in total. The Labute approximate surface area is 88.5 Å². The lowest BCUT2D eigenvalue weighted by atomic mass is 10.1. The molecule has 0 aromatic carbocycles. The van der Waals surface area contributed by atoms with E-state index in [2.05, 4.69) is 5.16 Å². The standard InChI is InChI=1S/C10H16N2O3/c11-4-9-3-10(15-12-9)7-14-6-8-1-2-13-5-8/h3,8H,1-2,4-7,11H2. The lowest BCUT2D eigenvalue weighted by molar-refractivity contribution is 0.0660. The Morgan fingerprint density at radius 1 is 1.60 bits per heavy atom. The highest BCUT2D eigenvalue weighted by Gasteiger charge is 2.15. The van der Waals surface area contributed by atoms with Crippen LogP contribution in [-0.4, -0.2) is 25.0 Å². The number of nitrogens with two attached hydrogens (primary N) is 1. The predicted octanol–water partition coefficient (Wildman–Crippen LogP) is 0.686. The van der Waals surface area contributed by atoms with Gasteiger partial charge in [0.2, 0.25) is 0 Å². The van der Waals surface area contributed by atoms with Crippen molar-refractivity contribution in [3.05, 3.63) is 17.5 Å². The van der Waals surface area contributed by atoms with Gasteiger partial charge in [-0.25, -0.2) is 0 Å². The van der Waals surface area contributed by atoms with Gasteiger partial charge in [0.05, 0.1) is 18.9 Å². The van der Waals surface area contributed by atoms with Crippen LogP contribution in [0.2, 0.25) is 0 Å². The predicted molar refractivity (Wildman–Crippen MR) is 53.0 cm³/mol. The summed E-state index contributed by atoms with van der Waals surface area (Å²) in [6, 6.07) is 1.82. The Bertz CT molecular complexity index is 295. The minimum Gasteiger partial charge on any atom is -0.381 e. The number of ether oxygens (including phenoxy) is 2. The van der Waals surface area contributed by atoms with Gasteiger partial charge < -0.3 is 19.7 Å². The first kappa shape index (κ1) is 10.6. The lowest BCUT2D eigenvalue weighted by Crippen LogP contribution is -2.08. The molecule has 0 radical (unpaired) electrons. The van der Waals surface area contributed by atoms with Crippen LogP contribution in [-0.2, 0) is 22.6 Å². The van der Waals surface area contributed by atoms with Crippen molar-refractivity contribution < 1.29 is 14.0 Å². The summed E-state index contributed by atoms with van der Waals surface area (Å²) in [6.45, 7) is 3.25. The maximum atomic E-state index is 5.51. The Kier molecular flexibility index (Phi) is 3.71. The van der Waals surface area contributed by atoms with E-state index in [1.54, 1.807) is 0 Å². The van der Waals surface area contributed by atoms with Crippen LogP contribution in [0.1, 0.15) is 17.9 Å². The maximum Gasteiger partial charge on any atom is 0.162 e. The van der Waals surface area contributed by atoms with Crippen molar-refractivity contribution in [1.29, 1.82) is 0 Å². The van der Waals surface area contributed by atoms with E-state index < -0.39 is 0 Å². The molecule has 1 saturated heterocycles. The number of aromatic nitrogens is 1. The molecule has 1 aliphatic heterocycles. The molecule has 0 spiro atoms. The summed E-state index contributed by atoms with van der Waals surface area (Å²) in [6.07, 6.45) is 1.09. The van der Waals surface area contributed by atoms with Crippen LogP contribution in [0.3, 0.4) is 0 Å². The first-order chi connectivity index (χ1) is 7.38. The maximum absolute atomic E-state index is 5.51. The van der Waals surface area contributed by atoms with E-state index in [-0.39, 0.29) is 0 Å². The summed E-state index contributed by atoms with van der Waals surface area (Å²) in [5.74, 6) is 1.26. The van der Waals surface area contributed by atoms with Gasteiger partial charge in [-0.15, -0.1) is 0 Å². The largest absolute Gasteiger partial charge is 0.381 e. The van der Waals surface area contributed by atoms with Crippen molar-refractivity contribution in [2.45, 2.75) is 19.6 Å². The van der Waals surface area contributed by atoms with E-state index in [9.17, 15) is 0 Å². The van der Waals surface area contributed by atoms with Gasteiger partial charge in [0.1, 0.15) is 6.61 Å². The van der Waals surface area contributed by atoms with Gasteiger partial charge in [-0.05, 0) is 6.42 Å². The third kappa shape index (κ3) is 3.02. The molecule has 5 nitrogen and oxygen atoms in total. The molecular formula is C10H16N2O3. The smallest absolute Gasteiger partial charge is 0.162 e. The SMILES string of the molecule is NCc1cc(COCC2CCOC2)on1. The molecule has 1 fully saturated rings. The fraction of sp³-hybridized carbons (Fsp3) is 0.700. The number of hydrogen-bond acceptors (Lipinski definition) is 5. The normalized spacial score (nSPS) is 21.0. The molecule has 1 unspecified atom stereocenters. The van der Waals surface area contributed by atoms with Gasteiger partial charge in [0.25, 0.3) is 0 Å². The first-order valence-corrected chi connectivity index (χ1v) is 5.18. The highest BCUT2D eigenvalue weighted by atomic mass is 16.5. The average Bonchev–Trinajstić information content (AvgIpc) is 2.88. The van der Waals surface area contributed by atoms with Crippen molar-refractivity contribution >= 4 is 0 Å². The van der Waals surface area contributed by atoms with E-state index >= 15 is 0 Å². The van der Waals surface area contributed by atoms with Crippen LogP contribution >= 0.6 is 0 Å². The van der Waals surface area contributed by atoms with Gasteiger partial charge in [0, 0.05) is 25.1 Å². The minimum absolute atomic E-state index is 0.403. The van der Waals surface area contributed by atoms with E-state index in [0.717, 1.165) is 37.7 Å². The zero-order valence-electron chi connectivity index (χ0n) is 8.65. The van der Waals surface area contributed by atoms with Crippen molar-refractivity contribution in [3.63, 3.8) is 0 Å². The van der Waals surface area contributed by atoms with Gasteiger partial charge in [-0.3, -0.25) is 0 Å². The summed E-state index contributed by atoms with van der Waals surface area (Å²) in [4.78, 5) is 0. The molecule has 0 saturated carbocycles. The van der Waals surface area contributed by atoms with Gasteiger partial charge >= 0.3 is 0 Å². The highest BCUT2D eigenvalue weighted by Crippen LogP contribution is 2.13. The Morgan fingerprint density at radius 3 is 3.20 bits per heavy atom. The molecule has 84 valence electrons. The Hall–Kier alpha value is -0.910. The number of nitrogens with zero attached hydrogens (tertiary/aromatic N) is 1. The second-order valence-electron chi connectivity index (χ2n) is 3.73. The highest BCUT2D eigenvalue weighted by molar-refractivity contribution is 5.03. The number of rotatable bonds is 5. The Morgan fingerprint density at radius 2 is 2.53 bits per heavy atom. The third-order valence-electron chi connectivity index (χ3n) is 2.44. The van der Waals surface area contributed by atoms with Crippen LogP contribution < -0.4 is 5.73 Å². The Balaban J connectivity index is 1.68. The molecule has 2 heterocycles. The van der Waals surface area contributed by atoms with Crippen molar-refractivity contribution in [2.24, 2.45) is 11.7 Å². The second-order valence-corrected chi connectivity index (χ2v) is 3.73. The van der Waals surface area contributed by atoms with E-state index in [1.165, 1.54) is 0 Å². The first-order valence-electron chi connectivity index (χ1n) is 5.18. The second kappa shape index (κ2) is 5.25. The van der Waals surface area contributed by atoms with Crippen LogP contribution in [0.4, 0.5) is 0 Å². The third-order valence-corrected chi connectivity index (χ3v) is 2.44. The zero-order chi connectivity index (χ0) is 10.5. The van der Waals surface area contributed by atoms with Crippen molar-refractivity contribution in [2.75, 3.05) is 19.8 Å². The minimum atomic E-state index is 0.403. The molecule has 2 rings (SSSR count). The summed E-state index contributed by atoms with van der Waals surface area (Å²) in [5.41, 5.74) is 6.17. The lowest BCUT2D eigenvalue weighted by Gasteiger charge is -2.06. The van der Waals surface area contributed by atoms with Crippen molar-refractivity contribution in [3.8, 4) is 0 Å². The molecule has 0 aliphatic carbocycles. The molecule has 0 amide bonds. The van der Waals surface area contributed by atoms with E-state index in [1.807, 2.05) is 6.07 Å².